The lowest BCUT2D eigenvalue weighted by Gasteiger charge is -2.11. The second kappa shape index (κ2) is 6.17. The van der Waals surface area contributed by atoms with Crippen LogP contribution in [0.1, 0.15) is 15.9 Å². The largest absolute Gasteiger partial charge is 0.485 e. The number of hydrogen-bond acceptors (Lipinski definition) is 2. The predicted octanol–water partition coefficient (Wildman–Crippen LogP) is 4.14. The summed E-state index contributed by atoms with van der Waals surface area (Å²) in [4.78, 5) is 11.0. The first kappa shape index (κ1) is 15.4. The van der Waals surface area contributed by atoms with Gasteiger partial charge in [0, 0.05) is 0 Å². The van der Waals surface area contributed by atoms with Gasteiger partial charge in [-0.15, -0.1) is 0 Å². The van der Waals surface area contributed by atoms with Gasteiger partial charge in [0.2, 0.25) is 0 Å². The minimum absolute atomic E-state index is 0.0227. The van der Waals surface area contributed by atoms with Crippen LogP contribution in [0.3, 0.4) is 0 Å². The normalized spacial score (nSPS) is 10.5. The molecule has 3 nitrogen and oxygen atoms in total. The average Bonchev–Trinajstić information content (AvgIpc) is 2.44. The van der Waals surface area contributed by atoms with Gasteiger partial charge in [-0.3, -0.25) is 0 Å². The molecule has 0 heterocycles. The van der Waals surface area contributed by atoms with Crippen molar-refractivity contribution in [3.63, 3.8) is 0 Å². The molecule has 2 aromatic carbocycles. The maximum atomic E-state index is 13.7. The first-order valence-corrected chi connectivity index (χ1v) is 6.48. The Bertz CT molecular complexity index is 704. The number of hydrogen-bond donors (Lipinski definition) is 1. The Morgan fingerprint density at radius 3 is 2.52 bits per heavy atom. The van der Waals surface area contributed by atoms with E-state index in [1.807, 2.05) is 0 Å². The molecule has 0 spiro atoms. The minimum atomic E-state index is -1.40. The van der Waals surface area contributed by atoms with Crippen LogP contribution < -0.4 is 4.74 Å². The summed E-state index contributed by atoms with van der Waals surface area (Å²) in [5, 5.41) is 8.94. The molecule has 0 bridgehead atoms. The molecule has 0 aromatic heterocycles. The van der Waals surface area contributed by atoms with Gasteiger partial charge in [0.1, 0.15) is 23.8 Å². The van der Waals surface area contributed by atoms with Crippen LogP contribution in [0.25, 0.3) is 0 Å². The van der Waals surface area contributed by atoms with Crippen molar-refractivity contribution >= 4 is 21.9 Å². The topological polar surface area (TPSA) is 46.5 Å². The smallest absolute Gasteiger partial charge is 0.339 e. The minimum Gasteiger partial charge on any atom is -0.485 e. The average molecular weight is 361 g/mol. The van der Waals surface area contributed by atoms with E-state index in [2.05, 4.69) is 15.9 Å². The molecule has 0 aliphatic carbocycles. The molecule has 7 heteroatoms. The van der Waals surface area contributed by atoms with E-state index in [1.165, 1.54) is 12.1 Å². The summed E-state index contributed by atoms with van der Waals surface area (Å²) in [5.74, 6) is -4.65. The molecule has 0 atom stereocenters. The van der Waals surface area contributed by atoms with E-state index < -0.39 is 46.9 Å². The molecule has 0 amide bonds. The molecule has 0 unspecified atom stereocenters. The Labute approximate surface area is 126 Å². The maximum Gasteiger partial charge on any atom is 0.339 e. The van der Waals surface area contributed by atoms with Crippen molar-refractivity contribution in [3.8, 4) is 5.75 Å². The van der Waals surface area contributed by atoms with Crippen molar-refractivity contribution in [1.29, 1.82) is 0 Å². The molecule has 21 heavy (non-hydrogen) atoms. The van der Waals surface area contributed by atoms with Gasteiger partial charge in [0.05, 0.1) is 10.0 Å². The number of rotatable bonds is 4. The Morgan fingerprint density at radius 2 is 1.86 bits per heavy atom. The highest BCUT2D eigenvalue weighted by atomic mass is 79.9. The van der Waals surface area contributed by atoms with Gasteiger partial charge in [0.15, 0.2) is 11.6 Å². The second-order valence-corrected chi connectivity index (χ2v) is 4.89. The zero-order valence-corrected chi connectivity index (χ0v) is 12.0. The lowest BCUT2D eigenvalue weighted by molar-refractivity contribution is 0.0690. The zero-order valence-electron chi connectivity index (χ0n) is 10.4. The van der Waals surface area contributed by atoms with Crippen molar-refractivity contribution in [2.45, 2.75) is 6.61 Å². The maximum absolute atomic E-state index is 13.7. The molecule has 2 rings (SSSR count). The summed E-state index contributed by atoms with van der Waals surface area (Å²) in [6.07, 6.45) is 0. The molecule has 0 aliphatic heterocycles. The highest BCUT2D eigenvalue weighted by Gasteiger charge is 2.18. The van der Waals surface area contributed by atoms with Crippen molar-refractivity contribution < 1.29 is 27.8 Å². The molecule has 0 saturated carbocycles. The first-order valence-electron chi connectivity index (χ1n) is 5.68. The van der Waals surface area contributed by atoms with Crippen LogP contribution in [0.5, 0.6) is 5.75 Å². The molecule has 0 aliphatic rings. The van der Waals surface area contributed by atoms with Crippen LogP contribution in [0.15, 0.2) is 34.8 Å². The molecule has 2 aromatic rings. The van der Waals surface area contributed by atoms with E-state index in [1.54, 1.807) is 0 Å². The third-order valence-corrected chi connectivity index (χ3v) is 3.31. The Hall–Kier alpha value is -2.02. The van der Waals surface area contributed by atoms with Gasteiger partial charge >= 0.3 is 5.97 Å². The van der Waals surface area contributed by atoms with Gasteiger partial charge in [-0.05, 0) is 40.2 Å². The highest BCUT2D eigenvalue weighted by Crippen LogP contribution is 2.26. The summed E-state index contributed by atoms with van der Waals surface area (Å²) in [6, 6.07) is 5.53. The van der Waals surface area contributed by atoms with Crippen molar-refractivity contribution in [2.75, 3.05) is 0 Å². The van der Waals surface area contributed by atoms with E-state index in [0.29, 0.717) is 0 Å². The molecule has 0 fully saturated rings. The van der Waals surface area contributed by atoms with Crippen LogP contribution >= 0.6 is 15.9 Å². The quantitative estimate of drug-likeness (QED) is 0.833. The third kappa shape index (κ3) is 3.18. The molecular formula is C14H8BrF3O3. The highest BCUT2D eigenvalue weighted by molar-refractivity contribution is 9.10. The predicted molar refractivity (Wildman–Crippen MR) is 71.7 cm³/mol. The van der Waals surface area contributed by atoms with E-state index in [-0.39, 0.29) is 4.47 Å². The van der Waals surface area contributed by atoms with E-state index in [4.69, 9.17) is 9.84 Å². The van der Waals surface area contributed by atoms with E-state index in [9.17, 15) is 18.0 Å². The lowest BCUT2D eigenvalue weighted by atomic mass is 10.2. The molecular weight excluding hydrogens is 353 g/mol. The molecule has 0 radical (unpaired) electrons. The van der Waals surface area contributed by atoms with Gasteiger partial charge in [0.25, 0.3) is 0 Å². The van der Waals surface area contributed by atoms with Crippen molar-refractivity contribution in [1.82, 2.24) is 0 Å². The second-order valence-electron chi connectivity index (χ2n) is 4.03. The third-order valence-electron chi connectivity index (χ3n) is 2.70. The number of aromatic carboxylic acids is 1. The number of carbonyl (C=O) groups is 1. The molecule has 1 N–H and O–H groups in total. The number of ether oxygens (including phenoxy) is 1. The Kier molecular flexibility index (Phi) is 4.52. The van der Waals surface area contributed by atoms with Gasteiger partial charge in [-0.25, -0.2) is 18.0 Å². The van der Waals surface area contributed by atoms with E-state index >= 15 is 0 Å². The van der Waals surface area contributed by atoms with Crippen molar-refractivity contribution in [2.24, 2.45) is 0 Å². The summed E-state index contributed by atoms with van der Waals surface area (Å²) >= 11 is 2.89. The number of halogens is 4. The van der Waals surface area contributed by atoms with E-state index in [0.717, 1.165) is 18.2 Å². The summed E-state index contributed by atoms with van der Waals surface area (Å²) < 4.78 is 45.9. The number of benzene rings is 2. The number of para-hydroxylation sites is 1. The lowest BCUT2D eigenvalue weighted by Crippen LogP contribution is -2.08. The number of carboxylic acids is 1. The van der Waals surface area contributed by atoms with Gasteiger partial charge in [-0.1, -0.05) is 6.07 Å². The zero-order chi connectivity index (χ0) is 15.6. The van der Waals surface area contributed by atoms with Crippen LogP contribution in [-0.2, 0) is 6.61 Å². The van der Waals surface area contributed by atoms with Crippen molar-refractivity contribution in [3.05, 3.63) is 63.4 Å². The monoisotopic (exact) mass is 360 g/mol. The Morgan fingerprint density at radius 1 is 1.14 bits per heavy atom. The summed E-state index contributed by atoms with van der Waals surface area (Å²) in [5.41, 5.74) is -0.852. The summed E-state index contributed by atoms with van der Waals surface area (Å²) in [7, 11) is 0. The van der Waals surface area contributed by atoms with Crippen LogP contribution in [0, 0.1) is 17.5 Å². The molecule has 110 valence electrons. The first-order chi connectivity index (χ1) is 9.91. The fourth-order valence-electron chi connectivity index (χ4n) is 1.67. The fraction of sp³-hybridized carbons (Fsp3) is 0.0714. The standard InChI is InChI=1S/C14H8BrF3O3/c15-9-4-5-10(16)8(12(9)18)6-21-13-7(14(19)20)2-1-3-11(13)17/h1-5H,6H2,(H,19,20). The van der Waals surface area contributed by atoms with Gasteiger partial charge in [-0.2, -0.15) is 0 Å². The SMILES string of the molecule is O=C(O)c1cccc(F)c1OCc1c(F)ccc(Br)c1F. The summed E-state index contributed by atoms with van der Waals surface area (Å²) in [6.45, 7) is -0.641. The number of carboxylic acid groups (broad SMARTS) is 1. The van der Waals surface area contributed by atoms with Gasteiger partial charge < -0.3 is 9.84 Å². The molecule has 0 saturated heterocycles. The Balaban J connectivity index is 2.34. The van der Waals surface area contributed by atoms with Crippen LogP contribution in [0.4, 0.5) is 13.2 Å². The van der Waals surface area contributed by atoms with Crippen LogP contribution in [0.2, 0.25) is 0 Å². The van der Waals surface area contributed by atoms with Crippen LogP contribution in [-0.4, -0.2) is 11.1 Å². The fourth-order valence-corrected chi connectivity index (χ4v) is 2.04.